The highest BCUT2D eigenvalue weighted by Crippen LogP contribution is 2.21. The number of carboxylic acids is 1. The molecule has 0 radical (unpaired) electrons. The van der Waals surface area contributed by atoms with E-state index in [2.05, 4.69) is 4.98 Å². The molecular formula is C18H19N3O4. The number of hydrogen-bond acceptors (Lipinski definition) is 4. The zero-order valence-electron chi connectivity index (χ0n) is 13.9. The number of aromatic carboxylic acids is 1. The molecule has 0 fully saturated rings. The first-order valence-corrected chi connectivity index (χ1v) is 8.10. The number of pyridine rings is 2. The van der Waals surface area contributed by atoms with E-state index >= 15 is 0 Å². The maximum Gasteiger partial charge on any atom is 0.341 e. The molecule has 7 nitrogen and oxygen atoms in total. The van der Waals surface area contributed by atoms with Crippen LogP contribution >= 0.6 is 0 Å². The molecule has 0 saturated carbocycles. The summed E-state index contributed by atoms with van der Waals surface area (Å²) >= 11 is 0. The summed E-state index contributed by atoms with van der Waals surface area (Å²) in [6.45, 7) is 2.61. The molecule has 2 aromatic rings. The molecule has 1 aliphatic heterocycles. The average molecular weight is 341 g/mol. The van der Waals surface area contributed by atoms with Gasteiger partial charge in [0.1, 0.15) is 5.56 Å². The fraction of sp³-hybridized carbons (Fsp3) is 0.333. The van der Waals surface area contributed by atoms with Gasteiger partial charge in [0.25, 0.3) is 5.56 Å². The van der Waals surface area contributed by atoms with Crippen LogP contribution in [0, 0.1) is 0 Å². The van der Waals surface area contributed by atoms with Crippen molar-refractivity contribution in [1.82, 2.24) is 14.5 Å². The first kappa shape index (κ1) is 16.9. The first-order valence-electron chi connectivity index (χ1n) is 8.10. The molecule has 2 aromatic heterocycles. The van der Waals surface area contributed by atoms with Gasteiger partial charge in [-0.3, -0.25) is 14.6 Å². The highest BCUT2D eigenvalue weighted by atomic mass is 16.4. The number of rotatable bonds is 4. The van der Waals surface area contributed by atoms with E-state index in [-0.39, 0.29) is 11.5 Å². The number of aryl methyl sites for hydroxylation is 2. The number of amides is 1. The van der Waals surface area contributed by atoms with E-state index in [9.17, 15) is 19.5 Å². The van der Waals surface area contributed by atoms with Gasteiger partial charge in [0.2, 0.25) is 5.91 Å². The van der Waals surface area contributed by atoms with E-state index in [0.717, 1.165) is 11.1 Å². The fourth-order valence-corrected chi connectivity index (χ4v) is 3.16. The first-order chi connectivity index (χ1) is 12.0. The van der Waals surface area contributed by atoms with Crippen molar-refractivity contribution in [3.63, 3.8) is 0 Å². The standard InChI is InChI=1S/C18H19N3O4/c1-12(22)20-8-5-15-14(10-20)11-21(17(23)16(15)18(24)25)7-4-13-3-2-6-19-9-13/h2-3,6,9,11H,4-5,7-8,10H2,1H3,(H,24,25). The number of hydrogen-bond donors (Lipinski definition) is 1. The Balaban J connectivity index is 1.97. The SMILES string of the molecule is CC(=O)N1CCc2c(cn(CCc3cccnc3)c(=O)c2C(=O)O)C1. The van der Waals surface area contributed by atoms with Crippen LogP contribution in [0.5, 0.6) is 0 Å². The molecule has 25 heavy (non-hydrogen) atoms. The smallest absolute Gasteiger partial charge is 0.341 e. The second-order valence-electron chi connectivity index (χ2n) is 6.11. The van der Waals surface area contributed by atoms with Crippen molar-refractivity contribution in [3.05, 3.63) is 63.3 Å². The highest BCUT2D eigenvalue weighted by molar-refractivity contribution is 5.89. The third kappa shape index (κ3) is 3.45. The minimum atomic E-state index is -1.21. The van der Waals surface area contributed by atoms with Crippen LogP contribution in [0.25, 0.3) is 0 Å². The molecule has 0 saturated heterocycles. The Morgan fingerprint density at radius 2 is 2.16 bits per heavy atom. The van der Waals surface area contributed by atoms with Crippen LogP contribution in [0.2, 0.25) is 0 Å². The van der Waals surface area contributed by atoms with Crippen molar-refractivity contribution in [2.45, 2.75) is 32.9 Å². The average Bonchev–Trinajstić information content (AvgIpc) is 2.60. The van der Waals surface area contributed by atoms with Crippen LogP contribution in [-0.4, -0.2) is 38.0 Å². The van der Waals surface area contributed by atoms with E-state index in [0.29, 0.717) is 38.0 Å². The van der Waals surface area contributed by atoms with Gasteiger partial charge in [-0.2, -0.15) is 0 Å². The number of aromatic nitrogens is 2. The van der Waals surface area contributed by atoms with Crippen LogP contribution in [0.4, 0.5) is 0 Å². The number of carboxylic acid groups (broad SMARTS) is 1. The Bertz CT molecular complexity index is 874. The number of carbonyl (C=O) groups excluding carboxylic acids is 1. The number of nitrogens with zero attached hydrogens (tertiary/aromatic N) is 3. The largest absolute Gasteiger partial charge is 0.477 e. The van der Waals surface area contributed by atoms with E-state index in [1.807, 2.05) is 12.1 Å². The third-order valence-corrected chi connectivity index (χ3v) is 4.49. The topological polar surface area (TPSA) is 92.5 Å². The van der Waals surface area contributed by atoms with E-state index < -0.39 is 11.5 Å². The van der Waals surface area contributed by atoms with Crippen LogP contribution in [0.3, 0.4) is 0 Å². The van der Waals surface area contributed by atoms with Gasteiger partial charge in [0.05, 0.1) is 0 Å². The summed E-state index contributed by atoms with van der Waals surface area (Å²) in [5.41, 5.74) is 1.57. The van der Waals surface area contributed by atoms with Gasteiger partial charge in [0.15, 0.2) is 0 Å². The van der Waals surface area contributed by atoms with Crippen molar-refractivity contribution in [1.29, 1.82) is 0 Å². The normalized spacial score (nSPS) is 13.4. The quantitative estimate of drug-likeness (QED) is 0.899. The Kier molecular flexibility index (Phi) is 4.65. The van der Waals surface area contributed by atoms with E-state index in [1.165, 1.54) is 11.5 Å². The molecule has 1 amide bonds. The van der Waals surface area contributed by atoms with Gasteiger partial charge < -0.3 is 14.6 Å². The van der Waals surface area contributed by atoms with Crippen molar-refractivity contribution in [2.24, 2.45) is 0 Å². The Labute approximate surface area is 144 Å². The zero-order valence-corrected chi connectivity index (χ0v) is 13.9. The van der Waals surface area contributed by atoms with E-state index in [1.54, 1.807) is 23.5 Å². The molecular weight excluding hydrogens is 322 g/mol. The molecule has 130 valence electrons. The van der Waals surface area contributed by atoms with Crippen LogP contribution < -0.4 is 5.56 Å². The third-order valence-electron chi connectivity index (χ3n) is 4.49. The second kappa shape index (κ2) is 6.88. The van der Waals surface area contributed by atoms with Gasteiger partial charge in [-0.1, -0.05) is 6.07 Å². The van der Waals surface area contributed by atoms with Gasteiger partial charge in [-0.25, -0.2) is 4.79 Å². The van der Waals surface area contributed by atoms with Gasteiger partial charge in [0, 0.05) is 45.1 Å². The second-order valence-corrected chi connectivity index (χ2v) is 6.11. The number of carbonyl (C=O) groups is 2. The molecule has 7 heteroatoms. The summed E-state index contributed by atoms with van der Waals surface area (Å²) in [6.07, 6.45) is 6.04. The molecule has 0 unspecified atom stereocenters. The molecule has 0 atom stereocenters. The van der Waals surface area contributed by atoms with Gasteiger partial charge >= 0.3 is 5.97 Å². The Hall–Kier alpha value is -2.96. The zero-order chi connectivity index (χ0) is 18.0. The summed E-state index contributed by atoms with van der Waals surface area (Å²) in [5.74, 6) is -1.27. The predicted molar refractivity (Wildman–Crippen MR) is 90.4 cm³/mol. The highest BCUT2D eigenvalue weighted by Gasteiger charge is 2.26. The van der Waals surface area contributed by atoms with E-state index in [4.69, 9.17) is 0 Å². The van der Waals surface area contributed by atoms with Crippen molar-refractivity contribution < 1.29 is 14.7 Å². The summed E-state index contributed by atoms with van der Waals surface area (Å²) in [5, 5.41) is 9.50. The summed E-state index contributed by atoms with van der Waals surface area (Å²) in [6, 6.07) is 3.73. The molecule has 0 spiro atoms. The van der Waals surface area contributed by atoms with Crippen molar-refractivity contribution in [2.75, 3.05) is 6.54 Å². The van der Waals surface area contributed by atoms with Crippen molar-refractivity contribution >= 4 is 11.9 Å². The molecule has 0 bridgehead atoms. The minimum Gasteiger partial charge on any atom is -0.477 e. The monoisotopic (exact) mass is 341 g/mol. The lowest BCUT2D eigenvalue weighted by Gasteiger charge is -2.29. The Morgan fingerprint density at radius 1 is 1.36 bits per heavy atom. The van der Waals surface area contributed by atoms with Crippen LogP contribution in [0.1, 0.15) is 34.0 Å². The summed E-state index contributed by atoms with van der Waals surface area (Å²) in [7, 11) is 0. The lowest BCUT2D eigenvalue weighted by atomic mass is 9.96. The van der Waals surface area contributed by atoms with Crippen molar-refractivity contribution in [3.8, 4) is 0 Å². The lowest BCUT2D eigenvalue weighted by molar-refractivity contribution is -0.129. The molecule has 3 rings (SSSR count). The maximum absolute atomic E-state index is 12.6. The Morgan fingerprint density at radius 3 is 2.80 bits per heavy atom. The van der Waals surface area contributed by atoms with Gasteiger partial charge in [-0.15, -0.1) is 0 Å². The molecule has 3 heterocycles. The summed E-state index contributed by atoms with van der Waals surface area (Å²) < 4.78 is 1.43. The fourth-order valence-electron chi connectivity index (χ4n) is 3.16. The molecule has 0 aliphatic carbocycles. The molecule has 1 aliphatic rings. The minimum absolute atomic E-state index is 0.0596. The van der Waals surface area contributed by atoms with Gasteiger partial charge in [-0.05, 0) is 35.6 Å². The molecule has 0 aromatic carbocycles. The number of fused-ring (bicyclic) bond motifs is 1. The lowest BCUT2D eigenvalue weighted by Crippen LogP contribution is -2.38. The summed E-state index contributed by atoms with van der Waals surface area (Å²) in [4.78, 5) is 41.6. The van der Waals surface area contributed by atoms with Crippen LogP contribution in [-0.2, 0) is 30.7 Å². The maximum atomic E-state index is 12.6. The van der Waals surface area contributed by atoms with Crippen LogP contribution in [0.15, 0.2) is 35.5 Å². The predicted octanol–water partition coefficient (Wildman–Crippen LogP) is 1.09. The molecule has 1 N–H and O–H groups in total.